The molecule has 0 aliphatic carbocycles. The fourth-order valence-corrected chi connectivity index (χ4v) is 1.65. The number of amides is 1. The van der Waals surface area contributed by atoms with Crippen LogP contribution >= 0.6 is 0 Å². The molecule has 3 nitrogen and oxygen atoms in total. The van der Waals surface area contributed by atoms with Crippen LogP contribution in [0.15, 0.2) is 0 Å². The Kier molecular flexibility index (Phi) is 8.80. The van der Waals surface area contributed by atoms with Crippen LogP contribution in [0.2, 0.25) is 0 Å². The summed E-state index contributed by atoms with van der Waals surface area (Å²) in [4.78, 5) is 12.7. The van der Waals surface area contributed by atoms with Gasteiger partial charge in [0.05, 0.1) is 0 Å². The van der Waals surface area contributed by atoms with E-state index in [0.717, 1.165) is 11.3 Å². The van der Waals surface area contributed by atoms with E-state index in [1.165, 1.54) is 0 Å². The second kappa shape index (κ2) is 9.18. The second-order valence-electron chi connectivity index (χ2n) is 5.00. The van der Waals surface area contributed by atoms with Crippen molar-refractivity contribution in [1.82, 2.24) is 10.2 Å². The van der Waals surface area contributed by atoms with E-state index >= 15 is 0 Å². The van der Waals surface area contributed by atoms with Gasteiger partial charge in [-0.15, -0.1) is 0 Å². The van der Waals surface area contributed by atoms with Crippen molar-refractivity contribution < 1.29 is 18.0 Å². The predicted octanol–water partition coefficient (Wildman–Crippen LogP) is 2.96. The third-order valence-electron chi connectivity index (χ3n) is 2.62. The number of nitrogens with one attached hydrogen (secondary N) is 1. The lowest BCUT2D eigenvalue weighted by atomic mass is 10.2. The molecule has 114 valence electrons. The molecule has 0 saturated heterocycles. The number of alkyl halides is 3. The van der Waals surface area contributed by atoms with Crippen molar-refractivity contribution in [1.29, 1.82) is 0 Å². The molecule has 1 N–H and O–H groups in total. The molecule has 19 heavy (non-hydrogen) atoms. The first kappa shape index (κ1) is 18.2. The zero-order chi connectivity index (χ0) is 14.9. The summed E-state index contributed by atoms with van der Waals surface area (Å²) in [5.74, 6) is -0.406. The molecule has 0 aromatic rings. The molecule has 0 rings (SSSR count). The summed E-state index contributed by atoms with van der Waals surface area (Å²) in [5.41, 5.74) is 0. The summed E-state index contributed by atoms with van der Waals surface area (Å²) in [5, 5.41) is 3.14. The minimum absolute atomic E-state index is 0.166. The number of carbonyl (C=O) groups is 1. The first-order chi connectivity index (χ1) is 8.76. The number of halogens is 3. The molecule has 0 heterocycles. The highest BCUT2D eigenvalue weighted by molar-refractivity contribution is 5.76. The van der Waals surface area contributed by atoms with E-state index in [1.54, 1.807) is 0 Å². The van der Waals surface area contributed by atoms with Crippen molar-refractivity contribution in [2.75, 3.05) is 19.6 Å². The quantitative estimate of drug-likeness (QED) is 0.659. The largest absolute Gasteiger partial charge is 0.406 e. The van der Waals surface area contributed by atoms with Gasteiger partial charge in [0.1, 0.15) is 6.54 Å². The molecule has 0 aromatic carbocycles. The van der Waals surface area contributed by atoms with Gasteiger partial charge in [0.2, 0.25) is 5.91 Å². The molecule has 0 bridgehead atoms. The third-order valence-corrected chi connectivity index (χ3v) is 2.62. The zero-order valence-corrected chi connectivity index (χ0v) is 12.0. The van der Waals surface area contributed by atoms with Gasteiger partial charge in [0.15, 0.2) is 0 Å². The Morgan fingerprint density at radius 3 is 2.37 bits per heavy atom. The Labute approximate surface area is 113 Å². The van der Waals surface area contributed by atoms with Crippen LogP contribution in [0.5, 0.6) is 0 Å². The molecule has 0 aliphatic rings. The molecule has 0 fully saturated rings. The molecule has 0 unspecified atom stereocenters. The predicted molar refractivity (Wildman–Crippen MR) is 69.9 cm³/mol. The monoisotopic (exact) mass is 282 g/mol. The normalized spacial score (nSPS) is 11.9. The molecule has 1 amide bonds. The third kappa shape index (κ3) is 10.8. The maximum atomic E-state index is 12.4. The first-order valence-electron chi connectivity index (χ1n) is 6.84. The number of unbranched alkanes of at least 4 members (excludes halogenated alkanes) is 1. The van der Waals surface area contributed by atoms with Crippen molar-refractivity contribution in [3.63, 3.8) is 0 Å². The average Bonchev–Trinajstić information content (AvgIpc) is 2.28. The standard InChI is InChI=1S/C13H25F3N2O/c1-4-5-9-18(10-13(14,15)16)12(19)7-6-8-17-11(2)3/h11,17H,4-10H2,1-3H3. The van der Waals surface area contributed by atoms with Gasteiger partial charge in [-0.05, 0) is 19.4 Å². The van der Waals surface area contributed by atoms with Crippen molar-refractivity contribution in [3.05, 3.63) is 0 Å². The Bertz CT molecular complexity index is 255. The number of hydrogen-bond acceptors (Lipinski definition) is 2. The van der Waals surface area contributed by atoms with Crippen LogP contribution in [-0.4, -0.2) is 42.7 Å². The van der Waals surface area contributed by atoms with E-state index in [1.807, 2.05) is 20.8 Å². The highest BCUT2D eigenvalue weighted by Crippen LogP contribution is 2.17. The Morgan fingerprint density at radius 2 is 1.89 bits per heavy atom. The van der Waals surface area contributed by atoms with Crippen LogP contribution in [-0.2, 0) is 4.79 Å². The fraction of sp³-hybridized carbons (Fsp3) is 0.923. The summed E-state index contributed by atoms with van der Waals surface area (Å²) < 4.78 is 37.1. The van der Waals surface area contributed by atoms with E-state index < -0.39 is 18.6 Å². The first-order valence-corrected chi connectivity index (χ1v) is 6.84. The summed E-state index contributed by atoms with van der Waals surface area (Å²) in [6, 6.07) is 0.321. The summed E-state index contributed by atoms with van der Waals surface area (Å²) in [6.45, 7) is 5.56. The van der Waals surface area contributed by atoms with E-state index in [9.17, 15) is 18.0 Å². The van der Waals surface area contributed by atoms with Crippen LogP contribution in [0.3, 0.4) is 0 Å². The van der Waals surface area contributed by atoms with Crippen molar-refractivity contribution in [2.45, 2.75) is 58.7 Å². The number of rotatable bonds is 9. The average molecular weight is 282 g/mol. The van der Waals surface area contributed by atoms with Crippen molar-refractivity contribution in [3.8, 4) is 0 Å². The topological polar surface area (TPSA) is 32.3 Å². The van der Waals surface area contributed by atoms with Crippen LogP contribution in [0.4, 0.5) is 13.2 Å². The van der Waals surface area contributed by atoms with Gasteiger partial charge in [0.25, 0.3) is 0 Å². The van der Waals surface area contributed by atoms with E-state index in [-0.39, 0.29) is 13.0 Å². The summed E-state index contributed by atoms with van der Waals surface area (Å²) >= 11 is 0. The van der Waals surface area contributed by atoms with Gasteiger partial charge < -0.3 is 10.2 Å². The molecule has 0 spiro atoms. The molecule has 0 saturated carbocycles. The van der Waals surface area contributed by atoms with E-state index in [0.29, 0.717) is 25.4 Å². The summed E-state index contributed by atoms with van der Waals surface area (Å²) in [6.07, 6.45) is -2.21. The Balaban J connectivity index is 4.14. The smallest absolute Gasteiger partial charge is 0.334 e. The fourth-order valence-electron chi connectivity index (χ4n) is 1.65. The van der Waals surface area contributed by atoms with Crippen LogP contribution in [0, 0.1) is 0 Å². The molecule has 0 aromatic heterocycles. The van der Waals surface area contributed by atoms with Gasteiger partial charge in [-0.3, -0.25) is 4.79 Å². The van der Waals surface area contributed by atoms with Crippen molar-refractivity contribution in [2.24, 2.45) is 0 Å². The van der Waals surface area contributed by atoms with Crippen molar-refractivity contribution >= 4 is 5.91 Å². The molecule has 6 heteroatoms. The maximum absolute atomic E-state index is 12.4. The van der Waals surface area contributed by atoms with Crippen LogP contribution in [0.25, 0.3) is 0 Å². The summed E-state index contributed by atoms with van der Waals surface area (Å²) in [7, 11) is 0. The maximum Gasteiger partial charge on any atom is 0.406 e. The van der Waals surface area contributed by atoms with Gasteiger partial charge in [-0.25, -0.2) is 0 Å². The number of carbonyl (C=O) groups excluding carboxylic acids is 1. The van der Waals surface area contributed by atoms with Gasteiger partial charge in [0, 0.05) is 19.0 Å². The molecular weight excluding hydrogens is 257 g/mol. The number of nitrogens with zero attached hydrogens (tertiary/aromatic N) is 1. The molecular formula is C13H25F3N2O. The molecule has 0 radical (unpaired) electrons. The zero-order valence-electron chi connectivity index (χ0n) is 12.0. The van der Waals surface area contributed by atoms with E-state index in [2.05, 4.69) is 5.32 Å². The van der Waals surface area contributed by atoms with Gasteiger partial charge in [-0.1, -0.05) is 27.2 Å². The highest BCUT2D eigenvalue weighted by Gasteiger charge is 2.32. The Hall–Kier alpha value is -0.780. The molecule has 0 atom stereocenters. The highest BCUT2D eigenvalue weighted by atomic mass is 19.4. The lowest BCUT2D eigenvalue weighted by Crippen LogP contribution is -2.39. The number of hydrogen-bond donors (Lipinski definition) is 1. The van der Waals surface area contributed by atoms with Crippen LogP contribution < -0.4 is 5.32 Å². The second-order valence-corrected chi connectivity index (χ2v) is 5.00. The lowest BCUT2D eigenvalue weighted by molar-refractivity contribution is -0.161. The minimum atomic E-state index is -4.32. The minimum Gasteiger partial charge on any atom is -0.334 e. The van der Waals surface area contributed by atoms with Crippen LogP contribution in [0.1, 0.15) is 46.5 Å². The van der Waals surface area contributed by atoms with Gasteiger partial charge >= 0.3 is 6.18 Å². The van der Waals surface area contributed by atoms with E-state index in [4.69, 9.17) is 0 Å². The Morgan fingerprint density at radius 1 is 1.26 bits per heavy atom. The molecule has 0 aliphatic heterocycles. The van der Waals surface area contributed by atoms with Gasteiger partial charge in [-0.2, -0.15) is 13.2 Å². The SMILES string of the molecule is CCCCN(CC(F)(F)F)C(=O)CCCNC(C)C. The lowest BCUT2D eigenvalue weighted by Gasteiger charge is -2.24.